The van der Waals surface area contributed by atoms with Gasteiger partial charge in [0.25, 0.3) is 0 Å². The van der Waals surface area contributed by atoms with Crippen LogP contribution in [0.25, 0.3) is 11.4 Å². The smallest absolute Gasteiger partial charge is 0.248 e. The van der Waals surface area contributed by atoms with Gasteiger partial charge in [-0.3, -0.25) is 4.79 Å². The highest BCUT2D eigenvalue weighted by atomic mass is 16.2. The number of carbonyl (C=O) groups is 1. The molecule has 0 aliphatic rings. The van der Waals surface area contributed by atoms with Gasteiger partial charge < -0.3 is 5.32 Å². The van der Waals surface area contributed by atoms with Crippen molar-refractivity contribution in [2.24, 2.45) is 0 Å². The molecule has 1 N–H and O–H groups in total. The van der Waals surface area contributed by atoms with Crippen LogP contribution in [0, 0.1) is 13.8 Å². The fourth-order valence-electron chi connectivity index (χ4n) is 2.82. The summed E-state index contributed by atoms with van der Waals surface area (Å²) in [7, 11) is 0. The molecule has 0 fully saturated rings. The van der Waals surface area contributed by atoms with Gasteiger partial charge in [-0.25, -0.2) is 0 Å². The summed E-state index contributed by atoms with van der Waals surface area (Å²) in [6, 6.07) is 14.0. The number of carbonyl (C=O) groups excluding carboxylic acids is 1. The number of nitrogens with one attached hydrogen (secondary N) is 1. The lowest BCUT2D eigenvalue weighted by Gasteiger charge is -2.07. The highest BCUT2D eigenvalue weighted by Gasteiger charge is 2.10. The molecule has 0 bridgehead atoms. The molecule has 0 atom stereocenters. The van der Waals surface area contributed by atoms with E-state index in [2.05, 4.69) is 52.8 Å². The summed E-state index contributed by atoms with van der Waals surface area (Å²) in [5.41, 5.74) is 5.12. The molecule has 26 heavy (non-hydrogen) atoms. The summed E-state index contributed by atoms with van der Waals surface area (Å²) < 4.78 is 0. The molecule has 1 heterocycles. The Morgan fingerprint density at radius 2 is 1.73 bits per heavy atom. The fourth-order valence-corrected chi connectivity index (χ4v) is 2.82. The molecule has 0 aliphatic heterocycles. The molecule has 3 aromatic rings. The average molecular weight is 349 g/mol. The molecule has 0 unspecified atom stereocenters. The maximum atomic E-state index is 12.2. The van der Waals surface area contributed by atoms with Crippen LogP contribution in [0.1, 0.15) is 36.5 Å². The molecule has 0 spiro atoms. The summed E-state index contributed by atoms with van der Waals surface area (Å²) in [5, 5.41) is 15.2. The Hall–Kier alpha value is -3.02. The summed E-state index contributed by atoms with van der Waals surface area (Å²) in [4.78, 5) is 13.5. The van der Waals surface area contributed by atoms with Gasteiger partial charge in [0.05, 0.1) is 0 Å². The van der Waals surface area contributed by atoms with Gasteiger partial charge in [0.15, 0.2) is 0 Å². The maximum absolute atomic E-state index is 12.2. The van der Waals surface area contributed by atoms with Crippen molar-refractivity contribution in [3.63, 3.8) is 0 Å². The first-order valence-electron chi connectivity index (χ1n) is 8.67. The van der Waals surface area contributed by atoms with Crippen molar-refractivity contribution in [2.75, 3.05) is 5.32 Å². The molecular formula is C20H23N5O. The van der Waals surface area contributed by atoms with E-state index in [1.165, 1.54) is 10.4 Å². The van der Waals surface area contributed by atoms with Crippen molar-refractivity contribution in [1.29, 1.82) is 0 Å². The van der Waals surface area contributed by atoms with Crippen LogP contribution in [-0.2, 0) is 11.3 Å². The lowest BCUT2D eigenvalue weighted by Crippen LogP contribution is -2.20. The molecule has 1 amide bonds. The summed E-state index contributed by atoms with van der Waals surface area (Å²) in [5.74, 6) is 0.801. The number of aromatic nitrogens is 4. The van der Waals surface area contributed by atoms with Crippen molar-refractivity contribution >= 4 is 11.6 Å². The zero-order chi connectivity index (χ0) is 18.7. The number of rotatable bonds is 5. The van der Waals surface area contributed by atoms with E-state index in [1.807, 2.05) is 38.1 Å². The van der Waals surface area contributed by atoms with E-state index in [4.69, 9.17) is 0 Å². The highest BCUT2D eigenvalue weighted by molar-refractivity contribution is 5.90. The first-order chi connectivity index (χ1) is 12.4. The van der Waals surface area contributed by atoms with Gasteiger partial charge in [-0.15, -0.1) is 10.2 Å². The minimum absolute atomic E-state index is 0.0179. The van der Waals surface area contributed by atoms with E-state index >= 15 is 0 Å². The van der Waals surface area contributed by atoms with Crippen LogP contribution in [-0.4, -0.2) is 26.1 Å². The SMILES string of the molecule is Cc1cc(C)cc(NC(=O)Cn2nnc(-c3ccc(C(C)C)cc3)n2)c1. The second-order valence-corrected chi connectivity index (χ2v) is 6.84. The van der Waals surface area contributed by atoms with Crippen LogP contribution in [0.4, 0.5) is 5.69 Å². The van der Waals surface area contributed by atoms with Crippen LogP contribution in [0.3, 0.4) is 0 Å². The van der Waals surface area contributed by atoms with Crippen LogP contribution in [0.2, 0.25) is 0 Å². The Kier molecular flexibility index (Phi) is 5.11. The first-order valence-corrected chi connectivity index (χ1v) is 8.67. The van der Waals surface area contributed by atoms with E-state index in [0.717, 1.165) is 22.4 Å². The second-order valence-electron chi connectivity index (χ2n) is 6.84. The van der Waals surface area contributed by atoms with Crippen LogP contribution in [0.15, 0.2) is 42.5 Å². The van der Waals surface area contributed by atoms with Gasteiger partial charge in [0, 0.05) is 11.3 Å². The summed E-state index contributed by atoms with van der Waals surface area (Å²) in [6.07, 6.45) is 0. The first kappa shape index (κ1) is 17.8. The molecule has 0 saturated heterocycles. The Morgan fingerprint density at radius 1 is 1.08 bits per heavy atom. The lowest BCUT2D eigenvalue weighted by molar-refractivity contribution is -0.117. The molecule has 3 rings (SSSR count). The molecule has 0 aliphatic carbocycles. The van der Waals surface area contributed by atoms with Gasteiger partial charge in [0.2, 0.25) is 11.7 Å². The molecule has 1 aromatic heterocycles. The molecule has 6 nitrogen and oxygen atoms in total. The Balaban J connectivity index is 1.67. The zero-order valence-electron chi connectivity index (χ0n) is 15.5. The van der Waals surface area contributed by atoms with Crippen molar-refractivity contribution in [3.05, 3.63) is 59.2 Å². The third-order valence-corrected chi connectivity index (χ3v) is 4.08. The van der Waals surface area contributed by atoms with Crippen molar-refractivity contribution in [3.8, 4) is 11.4 Å². The maximum Gasteiger partial charge on any atom is 0.248 e. The monoisotopic (exact) mass is 349 g/mol. The number of amides is 1. The van der Waals surface area contributed by atoms with Crippen LogP contribution < -0.4 is 5.32 Å². The quantitative estimate of drug-likeness (QED) is 0.762. The third kappa shape index (κ3) is 4.33. The Morgan fingerprint density at radius 3 is 2.35 bits per heavy atom. The number of nitrogens with zero attached hydrogens (tertiary/aromatic N) is 4. The number of anilines is 1. The van der Waals surface area contributed by atoms with Gasteiger partial charge in [-0.1, -0.05) is 44.2 Å². The molecular weight excluding hydrogens is 326 g/mol. The number of benzene rings is 2. The van der Waals surface area contributed by atoms with Crippen LogP contribution >= 0.6 is 0 Å². The largest absolute Gasteiger partial charge is 0.324 e. The number of tetrazole rings is 1. The minimum Gasteiger partial charge on any atom is -0.324 e. The molecule has 134 valence electrons. The highest BCUT2D eigenvalue weighted by Crippen LogP contribution is 2.19. The molecule has 2 aromatic carbocycles. The second kappa shape index (κ2) is 7.47. The van der Waals surface area contributed by atoms with Crippen LogP contribution in [0.5, 0.6) is 0 Å². The Labute approximate surface area is 153 Å². The van der Waals surface area contributed by atoms with E-state index in [0.29, 0.717) is 11.7 Å². The third-order valence-electron chi connectivity index (χ3n) is 4.08. The van der Waals surface area contributed by atoms with E-state index in [9.17, 15) is 4.79 Å². The Bertz CT molecular complexity index is 892. The lowest BCUT2D eigenvalue weighted by atomic mass is 10.0. The van der Waals surface area contributed by atoms with E-state index < -0.39 is 0 Å². The molecule has 0 radical (unpaired) electrons. The average Bonchev–Trinajstić information content (AvgIpc) is 3.02. The summed E-state index contributed by atoms with van der Waals surface area (Å²) in [6.45, 7) is 8.32. The predicted octanol–water partition coefficient (Wildman–Crippen LogP) is 3.72. The number of hydrogen-bond acceptors (Lipinski definition) is 4. The van der Waals surface area contributed by atoms with Gasteiger partial charge in [-0.05, 0) is 53.8 Å². The molecule has 6 heteroatoms. The minimum atomic E-state index is -0.186. The fraction of sp³-hybridized carbons (Fsp3) is 0.300. The zero-order valence-corrected chi connectivity index (χ0v) is 15.5. The van der Waals surface area contributed by atoms with Gasteiger partial charge in [0.1, 0.15) is 6.54 Å². The predicted molar refractivity (Wildman–Crippen MR) is 102 cm³/mol. The number of aryl methyl sites for hydroxylation is 2. The topological polar surface area (TPSA) is 72.7 Å². The number of hydrogen-bond donors (Lipinski definition) is 1. The van der Waals surface area contributed by atoms with E-state index in [-0.39, 0.29) is 12.5 Å². The normalized spacial score (nSPS) is 11.0. The van der Waals surface area contributed by atoms with E-state index in [1.54, 1.807) is 0 Å². The van der Waals surface area contributed by atoms with Crippen molar-refractivity contribution in [1.82, 2.24) is 20.2 Å². The van der Waals surface area contributed by atoms with Gasteiger partial charge in [-0.2, -0.15) is 4.80 Å². The van der Waals surface area contributed by atoms with Gasteiger partial charge >= 0.3 is 0 Å². The summed E-state index contributed by atoms with van der Waals surface area (Å²) >= 11 is 0. The van der Waals surface area contributed by atoms with Crippen molar-refractivity contribution in [2.45, 2.75) is 40.2 Å². The van der Waals surface area contributed by atoms with Crippen molar-refractivity contribution < 1.29 is 4.79 Å². The molecule has 0 saturated carbocycles. The standard InChI is InChI=1S/C20H23N5O/c1-13(2)16-5-7-17(8-6-16)20-22-24-25(23-20)12-19(26)21-18-10-14(3)9-15(4)11-18/h5-11,13H,12H2,1-4H3,(H,21,26).